The predicted octanol–water partition coefficient (Wildman–Crippen LogP) is 3.65. The summed E-state index contributed by atoms with van der Waals surface area (Å²) in [6.07, 6.45) is 0.663. The maximum Gasteiger partial charge on any atom is 0.242 e. The number of anilines is 1. The molecular formula is C16H15BrClN3O. The zero-order valence-corrected chi connectivity index (χ0v) is 14.0. The van der Waals surface area contributed by atoms with Gasteiger partial charge in [-0.15, -0.1) is 0 Å². The molecule has 1 aliphatic rings. The Labute approximate surface area is 142 Å². The first kappa shape index (κ1) is 15.5. The van der Waals surface area contributed by atoms with Crippen molar-refractivity contribution in [1.29, 1.82) is 0 Å². The standard InChI is InChI=1S/C16H15BrClN3O/c17-12-6-1-2-7-13(12)19-16(22)15-9-14(20-21-15)10-4-3-5-11(18)8-10/h1-8,14-15,20-21H,9H2,(H,19,22). The summed E-state index contributed by atoms with van der Waals surface area (Å²) < 4.78 is 0.862. The van der Waals surface area contributed by atoms with Gasteiger partial charge in [0.2, 0.25) is 5.91 Å². The molecule has 3 rings (SSSR count). The van der Waals surface area contributed by atoms with Crippen molar-refractivity contribution in [1.82, 2.24) is 10.9 Å². The number of benzene rings is 2. The Hall–Kier alpha value is -1.40. The Morgan fingerprint density at radius 1 is 1.18 bits per heavy atom. The van der Waals surface area contributed by atoms with Crippen LogP contribution >= 0.6 is 27.5 Å². The molecule has 6 heteroatoms. The number of amides is 1. The highest BCUT2D eigenvalue weighted by Gasteiger charge is 2.30. The van der Waals surface area contributed by atoms with Crippen LogP contribution in [0.4, 0.5) is 5.69 Å². The smallest absolute Gasteiger partial charge is 0.242 e. The lowest BCUT2D eigenvalue weighted by Gasteiger charge is -2.12. The minimum absolute atomic E-state index is 0.0636. The summed E-state index contributed by atoms with van der Waals surface area (Å²) >= 11 is 9.44. The van der Waals surface area contributed by atoms with Crippen molar-refractivity contribution in [2.45, 2.75) is 18.5 Å². The fraction of sp³-hybridized carbons (Fsp3) is 0.188. The minimum Gasteiger partial charge on any atom is -0.324 e. The third-order valence-electron chi connectivity index (χ3n) is 3.60. The molecule has 0 spiro atoms. The molecule has 0 bridgehead atoms. The molecule has 2 unspecified atom stereocenters. The van der Waals surface area contributed by atoms with Gasteiger partial charge in [-0.05, 0) is 52.2 Å². The number of rotatable bonds is 3. The molecule has 2 atom stereocenters. The average Bonchev–Trinajstić information content (AvgIpc) is 2.99. The molecule has 2 aromatic rings. The van der Waals surface area contributed by atoms with E-state index >= 15 is 0 Å². The molecule has 3 N–H and O–H groups in total. The van der Waals surface area contributed by atoms with Crippen LogP contribution in [0.1, 0.15) is 18.0 Å². The van der Waals surface area contributed by atoms with E-state index in [4.69, 9.17) is 11.6 Å². The van der Waals surface area contributed by atoms with Crippen LogP contribution < -0.4 is 16.2 Å². The lowest BCUT2D eigenvalue weighted by molar-refractivity contribution is -0.117. The van der Waals surface area contributed by atoms with E-state index in [2.05, 4.69) is 32.1 Å². The molecule has 0 aromatic heterocycles. The summed E-state index contributed by atoms with van der Waals surface area (Å²) in [7, 11) is 0. The largest absolute Gasteiger partial charge is 0.324 e. The SMILES string of the molecule is O=C(Nc1ccccc1Br)C1CC(c2cccc(Cl)c2)NN1. The number of carbonyl (C=O) groups is 1. The average molecular weight is 381 g/mol. The van der Waals surface area contributed by atoms with Gasteiger partial charge in [0.1, 0.15) is 6.04 Å². The molecular weight excluding hydrogens is 366 g/mol. The van der Waals surface area contributed by atoms with Crippen molar-refractivity contribution in [3.63, 3.8) is 0 Å². The third-order valence-corrected chi connectivity index (χ3v) is 4.53. The molecule has 22 heavy (non-hydrogen) atoms. The Balaban J connectivity index is 1.65. The summed E-state index contributed by atoms with van der Waals surface area (Å²) in [5.41, 5.74) is 8.02. The zero-order valence-electron chi connectivity index (χ0n) is 11.6. The second-order valence-electron chi connectivity index (χ2n) is 5.15. The van der Waals surface area contributed by atoms with Crippen LogP contribution in [0.2, 0.25) is 5.02 Å². The van der Waals surface area contributed by atoms with Gasteiger partial charge in [-0.1, -0.05) is 35.9 Å². The molecule has 1 fully saturated rings. The lowest BCUT2D eigenvalue weighted by atomic mass is 10.0. The quantitative estimate of drug-likeness (QED) is 0.762. The topological polar surface area (TPSA) is 53.2 Å². The van der Waals surface area contributed by atoms with Crippen LogP contribution in [-0.4, -0.2) is 11.9 Å². The number of nitrogens with one attached hydrogen (secondary N) is 3. The molecule has 1 aliphatic heterocycles. The van der Waals surface area contributed by atoms with Crippen molar-refractivity contribution in [3.8, 4) is 0 Å². The lowest BCUT2D eigenvalue weighted by Crippen LogP contribution is -2.39. The van der Waals surface area contributed by atoms with Gasteiger partial charge >= 0.3 is 0 Å². The maximum atomic E-state index is 12.4. The van der Waals surface area contributed by atoms with Crippen molar-refractivity contribution in [2.24, 2.45) is 0 Å². The number of halogens is 2. The number of hydrogen-bond donors (Lipinski definition) is 3. The molecule has 1 amide bonds. The Morgan fingerprint density at radius 3 is 2.77 bits per heavy atom. The fourth-order valence-corrected chi connectivity index (χ4v) is 3.04. The number of carbonyl (C=O) groups excluding carboxylic acids is 1. The van der Waals surface area contributed by atoms with E-state index < -0.39 is 0 Å². The van der Waals surface area contributed by atoms with Gasteiger partial charge in [-0.3, -0.25) is 4.79 Å². The number of hydrazine groups is 1. The first-order valence-corrected chi connectivity index (χ1v) is 8.12. The second kappa shape index (κ2) is 6.79. The highest BCUT2D eigenvalue weighted by molar-refractivity contribution is 9.10. The van der Waals surface area contributed by atoms with Gasteiger partial charge in [-0.2, -0.15) is 0 Å². The minimum atomic E-state index is -0.295. The molecule has 1 saturated heterocycles. The van der Waals surface area contributed by atoms with E-state index in [-0.39, 0.29) is 18.0 Å². The molecule has 1 heterocycles. The Bertz CT molecular complexity index is 695. The van der Waals surface area contributed by atoms with Crippen LogP contribution in [0.3, 0.4) is 0 Å². The van der Waals surface area contributed by atoms with Crippen molar-refractivity contribution in [3.05, 3.63) is 63.6 Å². The van der Waals surface area contributed by atoms with Gasteiger partial charge in [0.05, 0.1) is 5.69 Å². The number of para-hydroxylation sites is 1. The Morgan fingerprint density at radius 2 is 2.00 bits per heavy atom. The highest BCUT2D eigenvalue weighted by atomic mass is 79.9. The van der Waals surface area contributed by atoms with E-state index in [9.17, 15) is 4.79 Å². The van der Waals surface area contributed by atoms with Crippen LogP contribution in [0.25, 0.3) is 0 Å². The van der Waals surface area contributed by atoms with Gasteiger partial charge in [0, 0.05) is 15.5 Å². The molecule has 2 aromatic carbocycles. The first-order valence-electron chi connectivity index (χ1n) is 6.95. The summed E-state index contributed by atoms with van der Waals surface area (Å²) in [5.74, 6) is -0.0658. The van der Waals surface area contributed by atoms with Crippen LogP contribution in [0, 0.1) is 0 Å². The fourth-order valence-electron chi connectivity index (χ4n) is 2.45. The summed E-state index contributed by atoms with van der Waals surface area (Å²) in [5, 5.41) is 3.62. The normalized spacial score (nSPS) is 20.8. The highest BCUT2D eigenvalue weighted by Crippen LogP contribution is 2.26. The third kappa shape index (κ3) is 3.50. The Kier molecular flexibility index (Phi) is 4.78. The molecule has 114 valence electrons. The predicted molar refractivity (Wildman–Crippen MR) is 91.6 cm³/mol. The van der Waals surface area contributed by atoms with Crippen LogP contribution in [0.15, 0.2) is 53.0 Å². The molecule has 0 aliphatic carbocycles. The van der Waals surface area contributed by atoms with E-state index in [0.717, 1.165) is 15.7 Å². The van der Waals surface area contributed by atoms with Gasteiger partial charge in [0.15, 0.2) is 0 Å². The van der Waals surface area contributed by atoms with Crippen molar-refractivity contribution < 1.29 is 4.79 Å². The monoisotopic (exact) mass is 379 g/mol. The summed E-state index contributed by atoms with van der Waals surface area (Å²) in [6, 6.07) is 15.0. The maximum absolute atomic E-state index is 12.4. The van der Waals surface area contributed by atoms with E-state index in [1.165, 1.54) is 0 Å². The van der Waals surface area contributed by atoms with E-state index in [0.29, 0.717) is 11.4 Å². The zero-order chi connectivity index (χ0) is 15.5. The van der Waals surface area contributed by atoms with Crippen molar-refractivity contribution in [2.75, 3.05) is 5.32 Å². The molecule has 4 nitrogen and oxygen atoms in total. The van der Waals surface area contributed by atoms with Gasteiger partial charge in [-0.25, -0.2) is 10.9 Å². The van der Waals surface area contributed by atoms with Gasteiger partial charge < -0.3 is 5.32 Å². The second-order valence-corrected chi connectivity index (χ2v) is 6.44. The van der Waals surface area contributed by atoms with E-state index in [1.807, 2.05) is 48.5 Å². The van der Waals surface area contributed by atoms with Crippen molar-refractivity contribution >= 4 is 39.1 Å². The van der Waals surface area contributed by atoms with E-state index in [1.54, 1.807) is 0 Å². The number of hydrogen-bond acceptors (Lipinski definition) is 3. The summed E-state index contributed by atoms with van der Waals surface area (Å²) in [4.78, 5) is 12.4. The van der Waals surface area contributed by atoms with Crippen LogP contribution in [0.5, 0.6) is 0 Å². The first-order chi connectivity index (χ1) is 10.6. The molecule has 0 radical (unpaired) electrons. The molecule has 0 saturated carbocycles. The summed E-state index contributed by atoms with van der Waals surface area (Å²) in [6.45, 7) is 0. The van der Waals surface area contributed by atoms with Crippen LogP contribution in [-0.2, 0) is 4.79 Å². The van der Waals surface area contributed by atoms with Gasteiger partial charge in [0.25, 0.3) is 0 Å².